The van der Waals surface area contributed by atoms with Gasteiger partial charge in [-0.2, -0.15) is 0 Å². The van der Waals surface area contributed by atoms with Gasteiger partial charge in [-0.05, 0) is 63.5 Å². The molecule has 0 saturated carbocycles. The highest BCUT2D eigenvalue weighted by molar-refractivity contribution is 7.10. The van der Waals surface area contributed by atoms with E-state index in [0.29, 0.717) is 6.04 Å². The summed E-state index contributed by atoms with van der Waals surface area (Å²) in [6, 6.07) is 4.59. The van der Waals surface area contributed by atoms with E-state index in [0.717, 1.165) is 37.6 Å². The lowest BCUT2D eigenvalue weighted by Gasteiger charge is -2.23. The van der Waals surface area contributed by atoms with Crippen molar-refractivity contribution in [2.75, 3.05) is 20.6 Å². The molecular weight excluding hydrogens is 292 g/mol. The lowest BCUT2D eigenvalue weighted by molar-refractivity contribution is 0.240. The van der Waals surface area contributed by atoms with Crippen molar-refractivity contribution in [3.63, 3.8) is 0 Å². The van der Waals surface area contributed by atoms with Crippen molar-refractivity contribution in [1.82, 2.24) is 19.8 Å². The molecule has 1 aliphatic rings. The van der Waals surface area contributed by atoms with Crippen LogP contribution in [0.4, 0.5) is 0 Å². The molecule has 0 radical (unpaired) electrons. The molecule has 5 heteroatoms. The number of nitrogens with zero attached hydrogens (tertiary/aromatic N) is 4. The number of aromatic nitrogens is 2. The van der Waals surface area contributed by atoms with Crippen molar-refractivity contribution in [1.29, 1.82) is 0 Å². The lowest BCUT2D eigenvalue weighted by Crippen LogP contribution is -2.24. The highest BCUT2D eigenvalue weighted by Gasteiger charge is 2.28. The third kappa shape index (κ3) is 3.54. The Bertz CT molecular complexity index is 623. The molecule has 2 aromatic heterocycles. The molecule has 4 nitrogen and oxygen atoms in total. The number of aryl methyl sites for hydroxylation is 1. The number of hydrogen-bond acceptors (Lipinski definition) is 5. The quantitative estimate of drug-likeness (QED) is 0.847. The average molecular weight is 316 g/mol. The van der Waals surface area contributed by atoms with Gasteiger partial charge in [0.05, 0.1) is 11.7 Å². The van der Waals surface area contributed by atoms with Crippen LogP contribution in [0.25, 0.3) is 0 Å². The summed E-state index contributed by atoms with van der Waals surface area (Å²) in [4.78, 5) is 15.5. The molecule has 0 unspecified atom stereocenters. The van der Waals surface area contributed by atoms with Gasteiger partial charge in [-0.15, -0.1) is 11.3 Å². The smallest absolute Gasteiger partial charge is 0.145 e. The zero-order valence-corrected chi connectivity index (χ0v) is 14.4. The van der Waals surface area contributed by atoms with E-state index in [9.17, 15) is 0 Å². The molecule has 0 spiro atoms. The fraction of sp³-hybridized carbons (Fsp3) is 0.529. The van der Waals surface area contributed by atoms with Gasteiger partial charge >= 0.3 is 0 Å². The van der Waals surface area contributed by atoms with E-state index in [2.05, 4.69) is 47.2 Å². The first-order valence-corrected chi connectivity index (χ1v) is 8.75. The predicted molar refractivity (Wildman–Crippen MR) is 90.9 cm³/mol. The van der Waals surface area contributed by atoms with Crippen molar-refractivity contribution in [3.8, 4) is 0 Å². The summed E-state index contributed by atoms with van der Waals surface area (Å²) < 4.78 is 0. The summed E-state index contributed by atoms with van der Waals surface area (Å²) in [5, 5.41) is 2.18. The van der Waals surface area contributed by atoms with E-state index >= 15 is 0 Å². The predicted octanol–water partition coefficient (Wildman–Crippen LogP) is 3.25. The van der Waals surface area contributed by atoms with E-state index in [4.69, 9.17) is 4.98 Å². The molecular formula is C17H24N4S. The largest absolute Gasteiger partial charge is 0.304 e. The molecule has 0 bridgehead atoms. The van der Waals surface area contributed by atoms with Gasteiger partial charge in [-0.1, -0.05) is 0 Å². The summed E-state index contributed by atoms with van der Waals surface area (Å²) in [5.74, 6) is 0.992. The molecule has 0 aliphatic carbocycles. The van der Waals surface area contributed by atoms with Crippen LogP contribution >= 0.6 is 11.3 Å². The van der Waals surface area contributed by atoms with E-state index in [1.54, 1.807) is 0 Å². The molecule has 1 fully saturated rings. The molecule has 1 saturated heterocycles. The maximum atomic E-state index is 4.81. The van der Waals surface area contributed by atoms with Crippen molar-refractivity contribution < 1.29 is 0 Å². The van der Waals surface area contributed by atoms with E-state index in [-0.39, 0.29) is 0 Å². The normalized spacial score (nSPS) is 19.2. The first-order valence-electron chi connectivity index (χ1n) is 7.87. The van der Waals surface area contributed by atoms with Crippen molar-refractivity contribution >= 4 is 11.3 Å². The van der Waals surface area contributed by atoms with Crippen LogP contribution in [0.1, 0.15) is 40.8 Å². The van der Waals surface area contributed by atoms with E-state index < -0.39 is 0 Å². The number of hydrogen-bond donors (Lipinski definition) is 0. The lowest BCUT2D eigenvalue weighted by atomic mass is 10.2. The second kappa shape index (κ2) is 6.86. The Morgan fingerprint density at radius 1 is 1.36 bits per heavy atom. The van der Waals surface area contributed by atoms with Gasteiger partial charge < -0.3 is 4.90 Å². The molecule has 1 atom stereocenters. The van der Waals surface area contributed by atoms with Crippen molar-refractivity contribution in [2.45, 2.75) is 38.9 Å². The Morgan fingerprint density at radius 3 is 2.95 bits per heavy atom. The molecule has 0 aromatic carbocycles. The molecule has 1 aliphatic heterocycles. The van der Waals surface area contributed by atoms with Gasteiger partial charge in [0, 0.05) is 24.2 Å². The maximum absolute atomic E-state index is 4.81. The fourth-order valence-electron chi connectivity index (χ4n) is 3.04. The standard InChI is InChI=1S/C17H24N4S/c1-13-7-10-22-16(13)12-21-9-4-5-15(21)17-18-8-6-14(19-17)11-20(2)3/h6-8,10,15H,4-5,9,11-12H2,1-3H3/t15-/m0/s1. The Labute approximate surface area is 136 Å². The monoisotopic (exact) mass is 316 g/mol. The highest BCUT2D eigenvalue weighted by atomic mass is 32.1. The van der Waals surface area contributed by atoms with Crippen LogP contribution in [0.3, 0.4) is 0 Å². The van der Waals surface area contributed by atoms with Gasteiger partial charge in [0.2, 0.25) is 0 Å². The van der Waals surface area contributed by atoms with Crippen LogP contribution in [-0.4, -0.2) is 40.4 Å². The van der Waals surface area contributed by atoms with Crippen LogP contribution in [0, 0.1) is 6.92 Å². The Balaban J connectivity index is 1.76. The molecule has 3 rings (SSSR count). The average Bonchev–Trinajstić information content (AvgIpc) is 3.09. The van der Waals surface area contributed by atoms with E-state index in [1.807, 2.05) is 23.6 Å². The second-order valence-electron chi connectivity index (χ2n) is 6.30. The minimum atomic E-state index is 0.364. The van der Waals surface area contributed by atoms with Crippen molar-refractivity contribution in [2.24, 2.45) is 0 Å². The maximum Gasteiger partial charge on any atom is 0.145 e. The summed E-state index contributed by atoms with van der Waals surface area (Å²) in [6.07, 6.45) is 4.31. The van der Waals surface area contributed by atoms with E-state index in [1.165, 1.54) is 16.9 Å². The molecule has 22 heavy (non-hydrogen) atoms. The molecule has 0 amide bonds. The molecule has 0 N–H and O–H groups in total. The zero-order valence-electron chi connectivity index (χ0n) is 13.6. The number of thiophene rings is 1. The second-order valence-corrected chi connectivity index (χ2v) is 7.30. The van der Waals surface area contributed by atoms with Crippen LogP contribution in [0.5, 0.6) is 0 Å². The van der Waals surface area contributed by atoms with Crippen LogP contribution < -0.4 is 0 Å². The zero-order chi connectivity index (χ0) is 15.5. The SMILES string of the molecule is Cc1ccsc1CN1CCC[C@H]1c1nccc(CN(C)C)n1. The molecule has 118 valence electrons. The minimum absolute atomic E-state index is 0.364. The topological polar surface area (TPSA) is 32.3 Å². The summed E-state index contributed by atoms with van der Waals surface area (Å²) in [6.45, 7) is 5.23. The van der Waals surface area contributed by atoms with Gasteiger partial charge in [0.15, 0.2) is 0 Å². The summed E-state index contributed by atoms with van der Waals surface area (Å²) >= 11 is 1.86. The van der Waals surface area contributed by atoms with Gasteiger partial charge in [0.1, 0.15) is 5.82 Å². The minimum Gasteiger partial charge on any atom is -0.304 e. The van der Waals surface area contributed by atoms with Gasteiger partial charge in [0.25, 0.3) is 0 Å². The number of likely N-dealkylation sites (tertiary alicyclic amines) is 1. The van der Waals surface area contributed by atoms with Gasteiger partial charge in [-0.3, -0.25) is 4.90 Å². The first kappa shape index (κ1) is 15.6. The van der Waals surface area contributed by atoms with Crippen LogP contribution in [-0.2, 0) is 13.1 Å². The van der Waals surface area contributed by atoms with Crippen LogP contribution in [0.15, 0.2) is 23.7 Å². The summed E-state index contributed by atoms with van der Waals surface area (Å²) in [7, 11) is 4.15. The Morgan fingerprint density at radius 2 is 2.23 bits per heavy atom. The third-order valence-electron chi connectivity index (χ3n) is 4.19. The van der Waals surface area contributed by atoms with Crippen LogP contribution in [0.2, 0.25) is 0 Å². The Kier molecular flexibility index (Phi) is 4.86. The number of rotatable bonds is 5. The van der Waals surface area contributed by atoms with Crippen molar-refractivity contribution in [3.05, 3.63) is 45.7 Å². The highest BCUT2D eigenvalue weighted by Crippen LogP contribution is 2.32. The fourth-order valence-corrected chi connectivity index (χ4v) is 3.97. The molecule has 3 heterocycles. The first-order chi connectivity index (χ1) is 10.6. The summed E-state index contributed by atoms with van der Waals surface area (Å²) in [5.41, 5.74) is 2.51. The molecule has 2 aromatic rings. The Hall–Kier alpha value is -1.30. The third-order valence-corrected chi connectivity index (χ3v) is 5.19. The van der Waals surface area contributed by atoms with Gasteiger partial charge in [-0.25, -0.2) is 9.97 Å².